The van der Waals surface area contributed by atoms with Gasteiger partial charge < -0.3 is 34.3 Å². The summed E-state index contributed by atoms with van der Waals surface area (Å²) in [7, 11) is 0. The largest absolute Gasteiger partial charge is 0.459 e. The Bertz CT molecular complexity index is 1600. The smallest absolute Gasteiger partial charge is 0.408 e. The van der Waals surface area contributed by atoms with E-state index in [0.29, 0.717) is 0 Å². The zero-order valence-electron chi connectivity index (χ0n) is 30.0. The van der Waals surface area contributed by atoms with E-state index in [1.807, 2.05) is 75.4 Å². The molecule has 0 aliphatic heterocycles. The standard InChI is InChI=1S/C39H48N2O9/c1-24(32(41-37(45)50-39(6,7)8)34(42)46-22-26-16-10-9-11-17-26)48-35(43)33(25(2)49-38(3,4)5)40-36(44)47-23-31-29-20-14-12-18-27(29)28-19-13-15-21-30(28)31/h9-21,24-25,31-33H,22-23H2,1-8H3,(H,40,44)(H,41,45)/t24-,25-,32+,33+/m1/s1. The minimum absolute atomic E-state index is 0.0294. The molecule has 3 aromatic rings. The lowest BCUT2D eigenvalue weighted by atomic mass is 9.98. The number of amides is 2. The summed E-state index contributed by atoms with van der Waals surface area (Å²) < 4.78 is 28.3. The number of hydrogen-bond acceptors (Lipinski definition) is 9. The summed E-state index contributed by atoms with van der Waals surface area (Å²) in [6.45, 7) is 13.5. The Morgan fingerprint density at radius 1 is 0.640 bits per heavy atom. The van der Waals surface area contributed by atoms with E-state index in [-0.39, 0.29) is 19.1 Å². The molecule has 2 N–H and O–H groups in total. The molecule has 1 aliphatic carbocycles. The maximum Gasteiger partial charge on any atom is 0.408 e. The van der Waals surface area contributed by atoms with Crippen LogP contribution in [-0.2, 0) is 39.9 Å². The lowest BCUT2D eigenvalue weighted by molar-refractivity contribution is -0.164. The summed E-state index contributed by atoms with van der Waals surface area (Å²) in [5, 5.41) is 5.09. The topological polar surface area (TPSA) is 138 Å². The van der Waals surface area contributed by atoms with E-state index in [9.17, 15) is 19.2 Å². The first-order valence-corrected chi connectivity index (χ1v) is 16.7. The molecule has 0 saturated carbocycles. The van der Waals surface area contributed by atoms with E-state index in [4.69, 9.17) is 23.7 Å². The molecule has 0 radical (unpaired) electrons. The number of hydrogen-bond donors (Lipinski definition) is 2. The van der Waals surface area contributed by atoms with Gasteiger partial charge in [0.15, 0.2) is 12.1 Å². The van der Waals surface area contributed by atoms with Crippen LogP contribution >= 0.6 is 0 Å². The SMILES string of the molecule is C[C@@H](OC(=O)[C@@H](NC(=O)OCC1c2ccccc2-c2ccccc21)[C@@H](C)OC(C)(C)C)[C@H](NC(=O)OC(C)(C)C)C(=O)OCc1ccccc1. The molecule has 4 atom stereocenters. The maximum atomic E-state index is 13.8. The van der Waals surface area contributed by atoms with Crippen molar-refractivity contribution in [3.8, 4) is 11.1 Å². The number of carbonyl (C=O) groups is 4. The molecule has 50 heavy (non-hydrogen) atoms. The Balaban J connectivity index is 1.48. The first kappa shape index (κ1) is 37.9. The highest BCUT2D eigenvalue weighted by Crippen LogP contribution is 2.44. The minimum atomic E-state index is -1.44. The summed E-state index contributed by atoms with van der Waals surface area (Å²) in [5.41, 5.74) is 3.42. The monoisotopic (exact) mass is 688 g/mol. The van der Waals surface area contributed by atoms with Crippen molar-refractivity contribution < 1.29 is 42.9 Å². The first-order chi connectivity index (χ1) is 23.5. The summed E-state index contributed by atoms with van der Waals surface area (Å²) in [4.78, 5) is 53.1. The van der Waals surface area contributed by atoms with Gasteiger partial charge in [-0.05, 0) is 83.2 Å². The zero-order chi connectivity index (χ0) is 36.6. The molecule has 0 saturated heterocycles. The molecule has 3 aromatic carbocycles. The molecular weight excluding hydrogens is 640 g/mol. The Morgan fingerprint density at radius 2 is 1.16 bits per heavy atom. The van der Waals surface area contributed by atoms with Crippen molar-refractivity contribution in [3.05, 3.63) is 95.6 Å². The van der Waals surface area contributed by atoms with Crippen LogP contribution in [0, 0.1) is 0 Å². The minimum Gasteiger partial charge on any atom is -0.459 e. The van der Waals surface area contributed by atoms with Crippen molar-refractivity contribution in [3.63, 3.8) is 0 Å². The number of nitrogens with one attached hydrogen (secondary N) is 2. The van der Waals surface area contributed by atoms with Gasteiger partial charge in [-0.1, -0.05) is 78.9 Å². The molecule has 11 nitrogen and oxygen atoms in total. The van der Waals surface area contributed by atoms with E-state index in [1.165, 1.54) is 6.92 Å². The van der Waals surface area contributed by atoms with E-state index in [0.717, 1.165) is 27.8 Å². The predicted molar refractivity (Wildman–Crippen MR) is 187 cm³/mol. The third kappa shape index (κ3) is 10.5. The van der Waals surface area contributed by atoms with E-state index in [1.54, 1.807) is 52.0 Å². The van der Waals surface area contributed by atoms with Crippen molar-refractivity contribution in [1.82, 2.24) is 10.6 Å². The van der Waals surface area contributed by atoms with Crippen LogP contribution in [0.15, 0.2) is 78.9 Å². The second kappa shape index (κ2) is 16.2. The Hall–Kier alpha value is -4.90. The fourth-order valence-electron chi connectivity index (χ4n) is 5.71. The van der Waals surface area contributed by atoms with Crippen molar-refractivity contribution in [2.45, 2.75) is 103 Å². The van der Waals surface area contributed by atoms with Crippen LogP contribution in [0.5, 0.6) is 0 Å². The maximum absolute atomic E-state index is 13.8. The summed E-state index contributed by atoms with van der Waals surface area (Å²) in [6, 6.07) is 22.1. The predicted octanol–water partition coefficient (Wildman–Crippen LogP) is 6.67. The second-order valence-electron chi connectivity index (χ2n) is 14.2. The molecular formula is C39H48N2O9. The third-order valence-corrected chi connectivity index (χ3v) is 7.80. The first-order valence-electron chi connectivity index (χ1n) is 16.7. The normalized spacial score (nSPS) is 15.0. The van der Waals surface area contributed by atoms with Crippen LogP contribution < -0.4 is 10.6 Å². The fraction of sp³-hybridized carbons (Fsp3) is 0.436. The Morgan fingerprint density at radius 3 is 1.72 bits per heavy atom. The molecule has 0 aromatic heterocycles. The van der Waals surface area contributed by atoms with E-state index < -0.39 is 59.6 Å². The molecule has 268 valence electrons. The number of benzene rings is 3. The molecule has 4 rings (SSSR count). The van der Waals surface area contributed by atoms with E-state index in [2.05, 4.69) is 10.6 Å². The van der Waals surface area contributed by atoms with Crippen molar-refractivity contribution in [1.29, 1.82) is 0 Å². The Kier molecular flexibility index (Phi) is 12.3. The highest BCUT2D eigenvalue weighted by atomic mass is 16.6. The molecule has 1 aliphatic rings. The highest BCUT2D eigenvalue weighted by molar-refractivity contribution is 5.85. The lowest BCUT2D eigenvalue weighted by Crippen LogP contribution is -2.55. The molecule has 2 amide bonds. The van der Waals surface area contributed by atoms with Gasteiger partial charge >= 0.3 is 24.1 Å². The number of ether oxygens (including phenoxy) is 5. The number of rotatable bonds is 12. The number of fused-ring (bicyclic) bond motifs is 3. The third-order valence-electron chi connectivity index (χ3n) is 7.80. The van der Waals surface area contributed by atoms with Crippen LogP contribution in [0.3, 0.4) is 0 Å². The van der Waals surface area contributed by atoms with Gasteiger partial charge in [0.25, 0.3) is 0 Å². The average molecular weight is 689 g/mol. The molecule has 0 unspecified atom stereocenters. The van der Waals surface area contributed by atoms with Crippen LogP contribution in [0.4, 0.5) is 9.59 Å². The lowest BCUT2D eigenvalue weighted by Gasteiger charge is -2.31. The Labute approximate surface area is 294 Å². The van der Waals surface area contributed by atoms with Crippen molar-refractivity contribution in [2.24, 2.45) is 0 Å². The van der Waals surface area contributed by atoms with Gasteiger partial charge in [-0.15, -0.1) is 0 Å². The second-order valence-corrected chi connectivity index (χ2v) is 14.2. The summed E-state index contributed by atoms with van der Waals surface area (Å²) in [5.74, 6) is -1.95. The van der Waals surface area contributed by atoms with Gasteiger partial charge in [-0.2, -0.15) is 0 Å². The fourth-order valence-corrected chi connectivity index (χ4v) is 5.71. The quantitative estimate of drug-likeness (QED) is 0.158. The number of alkyl carbamates (subject to hydrolysis) is 2. The van der Waals surface area contributed by atoms with Gasteiger partial charge in [0.1, 0.15) is 24.9 Å². The molecule has 0 heterocycles. The highest BCUT2D eigenvalue weighted by Gasteiger charge is 2.38. The van der Waals surface area contributed by atoms with Gasteiger partial charge in [0, 0.05) is 5.92 Å². The van der Waals surface area contributed by atoms with Crippen LogP contribution in [-0.4, -0.2) is 66.2 Å². The van der Waals surface area contributed by atoms with Crippen LogP contribution in [0.2, 0.25) is 0 Å². The van der Waals surface area contributed by atoms with Crippen molar-refractivity contribution in [2.75, 3.05) is 6.61 Å². The summed E-state index contributed by atoms with van der Waals surface area (Å²) >= 11 is 0. The van der Waals surface area contributed by atoms with Gasteiger partial charge in [-0.25, -0.2) is 19.2 Å². The number of esters is 2. The van der Waals surface area contributed by atoms with Gasteiger partial charge in [0.05, 0.1) is 11.7 Å². The van der Waals surface area contributed by atoms with Gasteiger partial charge in [-0.3, -0.25) is 0 Å². The average Bonchev–Trinajstić information content (AvgIpc) is 3.36. The molecule has 0 spiro atoms. The number of carbonyl (C=O) groups excluding carboxylic acids is 4. The van der Waals surface area contributed by atoms with E-state index >= 15 is 0 Å². The molecule has 0 bridgehead atoms. The molecule has 0 fully saturated rings. The zero-order valence-corrected chi connectivity index (χ0v) is 30.0. The van der Waals surface area contributed by atoms with Crippen LogP contribution in [0.25, 0.3) is 11.1 Å². The van der Waals surface area contributed by atoms with Crippen molar-refractivity contribution >= 4 is 24.1 Å². The van der Waals surface area contributed by atoms with Crippen LogP contribution in [0.1, 0.15) is 78.0 Å². The van der Waals surface area contributed by atoms with Gasteiger partial charge in [0.2, 0.25) is 0 Å². The summed E-state index contributed by atoms with van der Waals surface area (Å²) in [6.07, 6.45) is -3.87. The molecule has 11 heteroatoms.